The van der Waals surface area contributed by atoms with Gasteiger partial charge in [0, 0.05) is 80.7 Å². The van der Waals surface area contributed by atoms with Gasteiger partial charge in [0.25, 0.3) is 0 Å². The minimum Gasteiger partial charge on any atom is -0.384 e. The number of nitrogens with one attached hydrogen (secondary N) is 2. The van der Waals surface area contributed by atoms with Gasteiger partial charge in [-0.15, -0.1) is 0 Å². The normalized spacial score (nSPS) is 17.5. The molecule has 0 spiro atoms. The molecular formula is C27H34N10O3. The van der Waals surface area contributed by atoms with Crippen molar-refractivity contribution >= 4 is 35.1 Å². The number of anilines is 5. The number of hydrogen-bond acceptors (Lipinski definition) is 11. The Hall–Kier alpha value is -4.07. The second-order valence-electron chi connectivity index (χ2n) is 9.90. The fourth-order valence-corrected chi connectivity index (χ4v) is 5.13. The lowest BCUT2D eigenvalue weighted by molar-refractivity contribution is 0.0398. The Morgan fingerprint density at radius 3 is 2.45 bits per heavy atom. The van der Waals surface area contributed by atoms with Crippen molar-refractivity contribution in [2.75, 3.05) is 98.4 Å². The molecule has 5 heterocycles. The maximum Gasteiger partial charge on any atom is 0.327 e. The molecule has 0 radical (unpaired) electrons. The number of rotatable bonds is 7. The van der Waals surface area contributed by atoms with E-state index in [-0.39, 0.29) is 12.0 Å². The van der Waals surface area contributed by atoms with Gasteiger partial charge in [-0.3, -0.25) is 9.80 Å². The summed E-state index contributed by atoms with van der Waals surface area (Å²) in [6.07, 6.45) is 3.94. The number of amides is 2. The van der Waals surface area contributed by atoms with Crippen LogP contribution in [0.15, 0.2) is 36.7 Å². The average molecular weight is 547 g/mol. The summed E-state index contributed by atoms with van der Waals surface area (Å²) >= 11 is 0. The van der Waals surface area contributed by atoms with E-state index in [2.05, 4.69) is 30.4 Å². The summed E-state index contributed by atoms with van der Waals surface area (Å²) in [5.41, 5.74) is 9.73. The first kappa shape index (κ1) is 26.2. The van der Waals surface area contributed by atoms with Crippen LogP contribution >= 0.6 is 0 Å². The molecule has 3 aromatic rings. The lowest BCUT2D eigenvalue weighted by atomic mass is 10.1. The van der Waals surface area contributed by atoms with Gasteiger partial charge in [0.05, 0.1) is 32.1 Å². The highest BCUT2D eigenvalue weighted by molar-refractivity contribution is 6.03. The van der Waals surface area contributed by atoms with Gasteiger partial charge in [-0.05, 0) is 24.6 Å². The van der Waals surface area contributed by atoms with Crippen LogP contribution in [0.1, 0.15) is 5.56 Å². The molecule has 2 amide bonds. The van der Waals surface area contributed by atoms with Crippen LogP contribution in [0.2, 0.25) is 0 Å². The number of nitrogen functional groups attached to an aromatic ring is 1. The quantitative estimate of drug-likeness (QED) is 0.398. The van der Waals surface area contributed by atoms with Gasteiger partial charge in [-0.2, -0.15) is 4.98 Å². The van der Waals surface area contributed by atoms with Gasteiger partial charge in [0.15, 0.2) is 0 Å². The second kappa shape index (κ2) is 12.0. The SMILES string of the molecule is Nc1ncc(-c2nc(N3CCOCC3)nc3c2CCN3C(=O)Nc2cccc(NCCN3CCOCC3)c2)cn1. The molecule has 2 fully saturated rings. The van der Waals surface area contributed by atoms with E-state index in [0.29, 0.717) is 62.4 Å². The van der Waals surface area contributed by atoms with E-state index in [1.807, 2.05) is 24.3 Å². The molecule has 0 aliphatic carbocycles. The predicted octanol–water partition coefficient (Wildman–Crippen LogP) is 1.69. The van der Waals surface area contributed by atoms with Crippen LogP contribution in [0.4, 0.5) is 33.9 Å². The summed E-state index contributed by atoms with van der Waals surface area (Å²) < 4.78 is 10.9. The van der Waals surface area contributed by atoms with E-state index >= 15 is 0 Å². The maximum absolute atomic E-state index is 13.5. The minimum absolute atomic E-state index is 0.196. The van der Waals surface area contributed by atoms with Crippen LogP contribution in [0.5, 0.6) is 0 Å². The molecule has 0 saturated carbocycles. The van der Waals surface area contributed by atoms with Gasteiger partial charge < -0.3 is 30.7 Å². The summed E-state index contributed by atoms with van der Waals surface area (Å²) in [6.45, 7) is 8.28. The van der Waals surface area contributed by atoms with Crippen molar-refractivity contribution in [2.45, 2.75) is 6.42 Å². The molecule has 6 rings (SSSR count). The van der Waals surface area contributed by atoms with E-state index in [0.717, 1.165) is 56.2 Å². The molecule has 13 nitrogen and oxygen atoms in total. The van der Waals surface area contributed by atoms with Gasteiger partial charge >= 0.3 is 6.03 Å². The third-order valence-corrected chi connectivity index (χ3v) is 7.27. The molecule has 3 aliphatic rings. The Kier molecular flexibility index (Phi) is 7.84. The van der Waals surface area contributed by atoms with Crippen molar-refractivity contribution in [3.63, 3.8) is 0 Å². The maximum atomic E-state index is 13.5. The van der Waals surface area contributed by atoms with Crippen LogP contribution in [0, 0.1) is 0 Å². The van der Waals surface area contributed by atoms with E-state index in [9.17, 15) is 4.79 Å². The van der Waals surface area contributed by atoms with Crippen LogP contribution < -0.4 is 26.2 Å². The Bertz CT molecular complexity index is 1330. The van der Waals surface area contributed by atoms with Gasteiger partial charge in [0.2, 0.25) is 11.9 Å². The number of nitrogens with zero attached hydrogens (tertiary/aromatic N) is 7. The summed E-state index contributed by atoms with van der Waals surface area (Å²) in [4.78, 5) is 37.7. The van der Waals surface area contributed by atoms with Crippen LogP contribution in [-0.2, 0) is 15.9 Å². The summed E-state index contributed by atoms with van der Waals surface area (Å²) in [7, 11) is 0. The molecule has 2 aromatic heterocycles. The lowest BCUT2D eigenvalue weighted by Crippen LogP contribution is -2.39. The number of aromatic nitrogens is 4. The number of carbonyl (C=O) groups is 1. The molecule has 40 heavy (non-hydrogen) atoms. The molecule has 0 unspecified atom stereocenters. The van der Waals surface area contributed by atoms with Gasteiger partial charge in [-0.25, -0.2) is 19.7 Å². The third kappa shape index (κ3) is 5.91. The number of carbonyl (C=O) groups excluding carboxylic acids is 1. The largest absolute Gasteiger partial charge is 0.384 e. The van der Waals surface area contributed by atoms with Crippen molar-refractivity contribution in [2.24, 2.45) is 0 Å². The molecule has 4 N–H and O–H groups in total. The van der Waals surface area contributed by atoms with Crippen LogP contribution in [0.25, 0.3) is 11.3 Å². The van der Waals surface area contributed by atoms with E-state index in [1.54, 1.807) is 17.3 Å². The van der Waals surface area contributed by atoms with E-state index in [4.69, 9.17) is 25.2 Å². The molecule has 1 aromatic carbocycles. The summed E-state index contributed by atoms with van der Waals surface area (Å²) in [5, 5.41) is 6.52. The highest BCUT2D eigenvalue weighted by atomic mass is 16.5. The topological polar surface area (TPSA) is 147 Å². The van der Waals surface area contributed by atoms with Gasteiger partial charge in [-0.1, -0.05) is 6.07 Å². The molecule has 210 valence electrons. The predicted molar refractivity (Wildman–Crippen MR) is 153 cm³/mol. The van der Waals surface area contributed by atoms with Crippen LogP contribution in [-0.4, -0.2) is 103 Å². The Balaban J connectivity index is 1.19. The highest BCUT2D eigenvalue weighted by Gasteiger charge is 2.32. The monoisotopic (exact) mass is 546 g/mol. The van der Waals surface area contributed by atoms with Crippen molar-refractivity contribution in [1.82, 2.24) is 24.8 Å². The van der Waals surface area contributed by atoms with E-state index < -0.39 is 0 Å². The summed E-state index contributed by atoms with van der Waals surface area (Å²) in [5.74, 6) is 1.35. The number of nitrogens with two attached hydrogens (primary N) is 1. The van der Waals surface area contributed by atoms with Crippen molar-refractivity contribution in [3.8, 4) is 11.3 Å². The van der Waals surface area contributed by atoms with Crippen molar-refractivity contribution < 1.29 is 14.3 Å². The number of benzene rings is 1. The number of urea groups is 1. The molecular weight excluding hydrogens is 512 g/mol. The highest BCUT2D eigenvalue weighted by Crippen LogP contribution is 2.35. The average Bonchev–Trinajstić information content (AvgIpc) is 3.43. The minimum atomic E-state index is -0.240. The Morgan fingerprint density at radius 2 is 1.68 bits per heavy atom. The molecule has 3 aliphatic heterocycles. The molecule has 0 atom stereocenters. The second-order valence-corrected chi connectivity index (χ2v) is 9.90. The fraction of sp³-hybridized carbons (Fsp3) is 0.444. The zero-order valence-electron chi connectivity index (χ0n) is 22.4. The van der Waals surface area contributed by atoms with E-state index in [1.165, 1.54) is 0 Å². The molecule has 13 heteroatoms. The number of hydrogen-bond donors (Lipinski definition) is 3. The van der Waals surface area contributed by atoms with Gasteiger partial charge in [0.1, 0.15) is 5.82 Å². The van der Waals surface area contributed by atoms with Crippen LogP contribution in [0.3, 0.4) is 0 Å². The number of morpholine rings is 2. The Labute approximate surface area is 232 Å². The standard InChI is InChI=1S/C27H34N10O3/c28-25-30-17-19(18-31-25)23-22-4-6-37(24(22)34-26(33-23)36-10-14-40-15-11-36)27(38)32-21-3-1-2-20(16-21)29-5-7-35-8-12-39-13-9-35/h1-3,16-18,29H,4-15H2,(H,32,38)(H2,28,30,31). The Morgan fingerprint density at radius 1 is 0.950 bits per heavy atom. The smallest absolute Gasteiger partial charge is 0.327 e. The number of fused-ring (bicyclic) bond motifs is 1. The molecule has 0 bridgehead atoms. The van der Waals surface area contributed by atoms with Crippen molar-refractivity contribution in [3.05, 3.63) is 42.2 Å². The zero-order chi connectivity index (χ0) is 27.3. The zero-order valence-corrected chi connectivity index (χ0v) is 22.4. The van der Waals surface area contributed by atoms with Crippen molar-refractivity contribution in [1.29, 1.82) is 0 Å². The third-order valence-electron chi connectivity index (χ3n) is 7.27. The molecule has 2 saturated heterocycles. The fourth-order valence-electron chi connectivity index (χ4n) is 5.13. The lowest BCUT2D eigenvalue weighted by Gasteiger charge is -2.28. The first-order valence-corrected chi connectivity index (χ1v) is 13.7. The number of ether oxygens (including phenoxy) is 2. The first-order chi connectivity index (χ1) is 19.6. The first-order valence-electron chi connectivity index (χ1n) is 13.7. The summed E-state index contributed by atoms with van der Waals surface area (Å²) in [6, 6.07) is 7.53.